The minimum atomic E-state index is -1.03. The van der Waals surface area contributed by atoms with E-state index in [1.165, 1.54) is 25.5 Å². The lowest BCUT2D eigenvalue weighted by atomic mass is 10.1. The van der Waals surface area contributed by atoms with Gasteiger partial charge in [0.1, 0.15) is 5.82 Å². The van der Waals surface area contributed by atoms with Crippen molar-refractivity contribution in [1.29, 1.82) is 0 Å². The molecular weight excluding hydrogens is 286 g/mol. The van der Waals surface area contributed by atoms with Crippen molar-refractivity contribution in [1.82, 2.24) is 14.9 Å². The molecule has 0 aliphatic carbocycles. The van der Waals surface area contributed by atoms with Gasteiger partial charge in [-0.25, -0.2) is 14.8 Å². The van der Waals surface area contributed by atoms with Crippen LogP contribution in [0.3, 0.4) is 0 Å². The summed E-state index contributed by atoms with van der Waals surface area (Å²) in [6.07, 6.45) is 5.18. The first-order chi connectivity index (χ1) is 8.16. The maximum atomic E-state index is 10.9. The fourth-order valence-electron chi connectivity index (χ4n) is 1.95. The first kappa shape index (κ1) is 12.4. The summed E-state index contributed by atoms with van der Waals surface area (Å²) < 4.78 is 0.424. The Labute approximate surface area is 108 Å². The van der Waals surface area contributed by atoms with Crippen LogP contribution >= 0.6 is 15.9 Å². The Morgan fingerprint density at radius 3 is 2.76 bits per heavy atom. The van der Waals surface area contributed by atoms with E-state index in [0.29, 0.717) is 16.8 Å². The Morgan fingerprint density at radius 2 is 2.12 bits per heavy atom. The van der Waals surface area contributed by atoms with E-state index in [9.17, 15) is 4.79 Å². The van der Waals surface area contributed by atoms with Crippen molar-refractivity contribution < 1.29 is 9.90 Å². The Hall–Kier alpha value is -1.01. The van der Waals surface area contributed by atoms with E-state index < -0.39 is 5.97 Å². The van der Waals surface area contributed by atoms with E-state index in [0.717, 1.165) is 13.1 Å². The second kappa shape index (κ2) is 5.55. The molecule has 0 unspecified atom stereocenters. The number of hydrogen-bond donors (Lipinski definition) is 1. The Balaban J connectivity index is 2.10. The molecule has 0 atom stereocenters. The Morgan fingerprint density at radius 1 is 1.41 bits per heavy atom. The Kier molecular flexibility index (Phi) is 4.06. The molecule has 1 aromatic rings. The van der Waals surface area contributed by atoms with Crippen LogP contribution < -0.4 is 0 Å². The highest BCUT2D eigenvalue weighted by Crippen LogP contribution is 2.15. The number of carboxylic acids is 1. The van der Waals surface area contributed by atoms with Gasteiger partial charge in [0.15, 0.2) is 5.69 Å². The number of rotatable bonds is 3. The van der Waals surface area contributed by atoms with Gasteiger partial charge in [0.25, 0.3) is 0 Å². The topological polar surface area (TPSA) is 66.3 Å². The zero-order valence-electron chi connectivity index (χ0n) is 9.40. The summed E-state index contributed by atoms with van der Waals surface area (Å²) in [5.41, 5.74) is 0.0343. The number of carbonyl (C=O) groups is 1. The summed E-state index contributed by atoms with van der Waals surface area (Å²) in [5.74, 6) is -0.452. The standard InChI is InChI=1S/C11H14BrN3O2/c12-8-6-13-9(14-10(8)11(16)17)7-15-4-2-1-3-5-15/h6H,1-5,7H2,(H,16,17). The predicted octanol–water partition coefficient (Wildman–Crippen LogP) is 1.92. The highest BCUT2D eigenvalue weighted by molar-refractivity contribution is 9.10. The Bertz CT molecular complexity index is 419. The molecule has 0 aromatic carbocycles. The lowest BCUT2D eigenvalue weighted by Gasteiger charge is -2.25. The third-order valence-electron chi connectivity index (χ3n) is 2.81. The van der Waals surface area contributed by atoms with Crippen molar-refractivity contribution in [2.75, 3.05) is 13.1 Å². The van der Waals surface area contributed by atoms with E-state index in [1.807, 2.05) is 0 Å². The molecule has 1 fully saturated rings. The second-order valence-corrected chi connectivity index (χ2v) is 4.98. The van der Waals surface area contributed by atoms with Crippen LogP contribution in [0.4, 0.5) is 0 Å². The van der Waals surface area contributed by atoms with Crippen LogP contribution in [0.1, 0.15) is 35.6 Å². The number of nitrogens with zero attached hydrogens (tertiary/aromatic N) is 3. The first-order valence-corrected chi connectivity index (χ1v) is 6.43. The number of likely N-dealkylation sites (tertiary alicyclic amines) is 1. The molecule has 0 amide bonds. The van der Waals surface area contributed by atoms with E-state index in [-0.39, 0.29) is 5.69 Å². The summed E-state index contributed by atoms with van der Waals surface area (Å²) in [6, 6.07) is 0. The predicted molar refractivity (Wildman–Crippen MR) is 65.8 cm³/mol. The summed E-state index contributed by atoms with van der Waals surface area (Å²) in [5, 5.41) is 8.96. The summed E-state index contributed by atoms with van der Waals surface area (Å²) in [4.78, 5) is 21.4. The van der Waals surface area contributed by atoms with E-state index in [1.54, 1.807) is 0 Å². The maximum Gasteiger partial charge on any atom is 0.355 e. The van der Waals surface area contributed by atoms with Gasteiger partial charge in [-0.2, -0.15) is 0 Å². The fourth-order valence-corrected chi connectivity index (χ4v) is 2.31. The molecule has 1 aromatic heterocycles. The molecule has 1 saturated heterocycles. The highest BCUT2D eigenvalue weighted by Gasteiger charge is 2.15. The zero-order valence-corrected chi connectivity index (χ0v) is 11.0. The van der Waals surface area contributed by atoms with Gasteiger partial charge in [-0.05, 0) is 41.9 Å². The normalized spacial score (nSPS) is 17.0. The van der Waals surface area contributed by atoms with E-state index >= 15 is 0 Å². The molecule has 6 heteroatoms. The minimum absolute atomic E-state index is 0.0343. The van der Waals surface area contributed by atoms with Crippen molar-refractivity contribution in [3.63, 3.8) is 0 Å². The molecule has 5 nitrogen and oxygen atoms in total. The van der Waals surface area contributed by atoms with Gasteiger partial charge in [0.2, 0.25) is 0 Å². The van der Waals surface area contributed by atoms with Gasteiger partial charge in [-0.1, -0.05) is 6.42 Å². The summed E-state index contributed by atoms with van der Waals surface area (Å²) >= 11 is 3.14. The van der Waals surface area contributed by atoms with Gasteiger partial charge < -0.3 is 5.11 Å². The summed E-state index contributed by atoms with van der Waals surface area (Å²) in [7, 11) is 0. The zero-order chi connectivity index (χ0) is 12.3. The quantitative estimate of drug-likeness (QED) is 0.924. The maximum absolute atomic E-state index is 10.9. The minimum Gasteiger partial charge on any atom is -0.476 e. The van der Waals surface area contributed by atoms with Crippen molar-refractivity contribution in [3.05, 3.63) is 22.2 Å². The smallest absolute Gasteiger partial charge is 0.355 e. The van der Waals surface area contributed by atoms with Gasteiger partial charge in [0.05, 0.1) is 11.0 Å². The molecule has 2 rings (SSSR count). The van der Waals surface area contributed by atoms with Gasteiger partial charge in [0, 0.05) is 6.20 Å². The molecule has 1 N–H and O–H groups in total. The van der Waals surface area contributed by atoms with Crippen molar-refractivity contribution in [2.24, 2.45) is 0 Å². The molecule has 0 spiro atoms. The third-order valence-corrected chi connectivity index (χ3v) is 3.39. The molecule has 0 bridgehead atoms. The second-order valence-electron chi connectivity index (χ2n) is 4.12. The number of hydrogen-bond acceptors (Lipinski definition) is 4. The number of carboxylic acid groups (broad SMARTS) is 1. The van der Waals surface area contributed by atoms with Crippen LogP contribution in [0.5, 0.6) is 0 Å². The SMILES string of the molecule is O=C(O)c1nc(CN2CCCCC2)ncc1Br. The fraction of sp³-hybridized carbons (Fsp3) is 0.545. The number of aromatic nitrogens is 2. The average Bonchev–Trinajstić information content (AvgIpc) is 2.32. The molecule has 1 aliphatic rings. The van der Waals surface area contributed by atoms with Crippen molar-refractivity contribution >= 4 is 21.9 Å². The molecule has 17 heavy (non-hydrogen) atoms. The number of aromatic carboxylic acids is 1. The van der Waals surface area contributed by atoms with Crippen molar-refractivity contribution in [2.45, 2.75) is 25.8 Å². The van der Waals surface area contributed by atoms with Crippen LogP contribution in [0.15, 0.2) is 10.7 Å². The highest BCUT2D eigenvalue weighted by atomic mass is 79.9. The first-order valence-electron chi connectivity index (χ1n) is 5.64. The number of halogens is 1. The monoisotopic (exact) mass is 299 g/mol. The van der Waals surface area contributed by atoms with Crippen LogP contribution in [0.25, 0.3) is 0 Å². The molecule has 2 heterocycles. The largest absolute Gasteiger partial charge is 0.476 e. The lowest BCUT2D eigenvalue weighted by Crippen LogP contribution is -2.30. The molecule has 0 saturated carbocycles. The third kappa shape index (κ3) is 3.23. The van der Waals surface area contributed by atoms with Crippen LogP contribution in [-0.4, -0.2) is 39.0 Å². The van der Waals surface area contributed by atoms with Gasteiger partial charge in [-0.15, -0.1) is 0 Å². The van der Waals surface area contributed by atoms with Crippen LogP contribution in [-0.2, 0) is 6.54 Å². The molecule has 0 radical (unpaired) electrons. The molecular formula is C11H14BrN3O2. The lowest BCUT2D eigenvalue weighted by molar-refractivity contribution is 0.0688. The van der Waals surface area contributed by atoms with Crippen LogP contribution in [0.2, 0.25) is 0 Å². The van der Waals surface area contributed by atoms with E-state index in [4.69, 9.17) is 5.11 Å². The van der Waals surface area contributed by atoms with Gasteiger partial charge in [-0.3, -0.25) is 4.90 Å². The molecule has 92 valence electrons. The average molecular weight is 300 g/mol. The van der Waals surface area contributed by atoms with Crippen LogP contribution in [0, 0.1) is 0 Å². The van der Waals surface area contributed by atoms with E-state index in [2.05, 4.69) is 30.8 Å². The number of piperidine rings is 1. The van der Waals surface area contributed by atoms with Crippen molar-refractivity contribution in [3.8, 4) is 0 Å². The summed E-state index contributed by atoms with van der Waals surface area (Å²) in [6.45, 7) is 2.72. The van der Waals surface area contributed by atoms with Gasteiger partial charge >= 0.3 is 5.97 Å². The molecule has 1 aliphatic heterocycles.